The number of hydrogen-bond donors (Lipinski definition) is 2. The Labute approximate surface area is 149 Å². The fourth-order valence-electron chi connectivity index (χ4n) is 2.97. The minimum atomic E-state index is -0.0850. The number of aryl methyl sites for hydroxylation is 2. The highest BCUT2D eigenvalue weighted by Crippen LogP contribution is 2.16. The lowest BCUT2D eigenvalue weighted by Gasteiger charge is -2.32. The molecule has 1 aromatic heterocycles. The van der Waals surface area contributed by atoms with E-state index < -0.39 is 0 Å². The van der Waals surface area contributed by atoms with Gasteiger partial charge in [0.1, 0.15) is 11.5 Å². The maximum atomic E-state index is 12.3. The number of nitrogens with one attached hydrogen (secondary N) is 2. The molecule has 6 nitrogen and oxygen atoms in total. The quantitative estimate of drug-likeness (QED) is 0.764. The zero-order chi connectivity index (χ0) is 16.8. The summed E-state index contributed by atoms with van der Waals surface area (Å²) in [5.41, 5.74) is 0.605. The van der Waals surface area contributed by atoms with Gasteiger partial charge in [-0.2, -0.15) is 0 Å². The predicted molar refractivity (Wildman–Crippen MR) is 95.7 cm³/mol. The summed E-state index contributed by atoms with van der Waals surface area (Å²) in [5, 5.41) is 6.10. The topological polar surface area (TPSA) is 74.6 Å². The average Bonchev–Trinajstić information content (AvgIpc) is 2.87. The second kappa shape index (κ2) is 9.69. The number of likely N-dealkylation sites (tertiary alicyclic amines) is 1. The van der Waals surface area contributed by atoms with Crippen LogP contribution in [0.25, 0.3) is 0 Å². The molecule has 1 fully saturated rings. The molecule has 2 N–H and O–H groups in total. The molecule has 136 valence electrons. The lowest BCUT2D eigenvalue weighted by molar-refractivity contribution is -0.132. The minimum Gasteiger partial charge on any atom is -0.466 e. The van der Waals surface area contributed by atoms with Gasteiger partial charge in [-0.05, 0) is 52.8 Å². The van der Waals surface area contributed by atoms with Gasteiger partial charge < -0.3 is 20.0 Å². The lowest BCUT2D eigenvalue weighted by atomic mass is 10.0. The van der Waals surface area contributed by atoms with Crippen LogP contribution >= 0.6 is 12.4 Å². The monoisotopic (exact) mass is 357 g/mol. The van der Waals surface area contributed by atoms with Crippen molar-refractivity contribution >= 4 is 24.2 Å². The van der Waals surface area contributed by atoms with Crippen LogP contribution in [0.5, 0.6) is 0 Å². The normalized spacial score (nSPS) is 15.0. The first-order chi connectivity index (χ1) is 11.0. The molecule has 1 aliphatic rings. The van der Waals surface area contributed by atoms with Crippen molar-refractivity contribution in [3.05, 3.63) is 23.2 Å². The number of halogens is 1. The number of rotatable bonds is 6. The summed E-state index contributed by atoms with van der Waals surface area (Å²) < 4.78 is 5.40. The highest BCUT2D eigenvalue weighted by molar-refractivity contribution is 5.95. The summed E-state index contributed by atoms with van der Waals surface area (Å²) in [6.07, 6.45) is 3.06. The molecule has 0 spiro atoms. The second-order valence-electron chi connectivity index (χ2n) is 6.16. The maximum absolute atomic E-state index is 12.3. The Kier molecular flexibility index (Phi) is 8.28. The van der Waals surface area contributed by atoms with Crippen molar-refractivity contribution in [3.63, 3.8) is 0 Å². The number of carbonyl (C=O) groups excluding carboxylic acids is 2. The molecule has 24 heavy (non-hydrogen) atoms. The van der Waals surface area contributed by atoms with Crippen LogP contribution < -0.4 is 10.6 Å². The van der Waals surface area contributed by atoms with E-state index in [4.69, 9.17) is 4.42 Å². The van der Waals surface area contributed by atoms with Crippen molar-refractivity contribution in [1.82, 2.24) is 15.5 Å². The first-order valence-electron chi connectivity index (χ1n) is 8.31. The van der Waals surface area contributed by atoms with Gasteiger partial charge in [-0.25, -0.2) is 0 Å². The van der Waals surface area contributed by atoms with E-state index in [9.17, 15) is 9.59 Å². The first kappa shape index (κ1) is 20.5. The highest BCUT2D eigenvalue weighted by Gasteiger charge is 2.24. The third-order valence-corrected chi connectivity index (χ3v) is 4.29. The van der Waals surface area contributed by atoms with E-state index in [0.29, 0.717) is 30.8 Å². The van der Waals surface area contributed by atoms with E-state index in [1.54, 1.807) is 13.0 Å². The summed E-state index contributed by atoms with van der Waals surface area (Å²) in [5.74, 6) is 1.52. The van der Waals surface area contributed by atoms with Gasteiger partial charge in [0.25, 0.3) is 5.91 Å². The Hall–Kier alpha value is -1.53. The van der Waals surface area contributed by atoms with E-state index in [-0.39, 0.29) is 30.3 Å². The van der Waals surface area contributed by atoms with Crippen molar-refractivity contribution in [2.45, 2.75) is 45.6 Å². The molecular weight excluding hydrogens is 330 g/mol. The molecule has 2 rings (SSSR count). The van der Waals surface area contributed by atoms with Crippen LogP contribution in [0.4, 0.5) is 0 Å². The third kappa shape index (κ3) is 5.53. The number of nitrogens with zero attached hydrogens (tertiary/aromatic N) is 1. The molecule has 0 atom stereocenters. The summed E-state index contributed by atoms with van der Waals surface area (Å²) in [6.45, 7) is 5.93. The fourth-order valence-corrected chi connectivity index (χ4v) is 2.97. The molecule has 1 aromatic rings. The number of hydrogen-bond acceptors (Lipinski definition) is 4. The van der Waals surface area contributed by atoms with Crippen LogP contribution in [0.15, 0.2) is 10.5 Å². The molecule has 0 aromatic carbocycles. The van der Waals surface area contributed by atoms with Gasteiger partial charge in [0.15, 0.2) is 0 Å². The zero-order valence-electron chi connectivity index (χ0n) is 14.7. The molecule has 2 amide bonds. The molecule has 0 saturated carbocycles. The Morgan fingerprint density at radius 1 is 1.29 bits per heavy atom. The van der Waals surface area contributed by atoms with Crippen LogP contribution in [-0.2, 0) is 4.79 Å². The van der Waals surface area contributed by atoms with Crippen LogP contribution in [-0.4, -0.2) is 49.4 Å². The largest absolute Gasteiger partial charge is 0.466 e. The van der Waals surface area contributed by atoms with E-state index in [1.807, 2.05) is 18.9 Å². The molecule has 7 heteroatoms. The van der Waals surface area contributed by atoms with Crippen molar-refractivity contribution in [1.29, 1.82) is 0 Å². The van der Waals surface area contributed by atoms with Gasteiger partial charge in [0, 0.05) is 25.6 Å². The summed E-state index contributed by atoms with van der Waals surface area (Å²) >= 11 is 0. The Balaban J connectivity index is 0.00000288. The van der Waals surface area contributed by atoms with Gasteiger partial charge >= 0.3 is 0 Å². The first-order valence-corrected chi connectivity index (χ1v) is 8.31. The molecule has 0 unspecified atom stereocenters. The van der Waals surface area contributed by atoms with Crippen LogP contribution in [0.3, 0.4) is 0 Å². The Morgan fingerprint density at radius 2 is 1.96 bits per heavy atom. The van der Waals surface area contributed by atoms with Gasteiger partial charge in [-0.15, -0.1) is 12.4 Å². The number of amides is 2. The van der Waals surface area contributed by atoms with Gasteiger partial charge in [-0.1, -0.05) is 0 Å². The van der Waals surface area contributed by atoms with Gasteiger partial charge in [0.05, 0.1) is 5.56 Å². The summed E-state index contributed by atoms with van der Waals surface area (Å²) in [7, 11) is 1.89. The van der Waals surface area contributed by atoms with E-state index in [1.165, 1.54) is 0 Å². The van der Waals surface area contributed by atoms with Crippen LogP contribution in [0.1, 0.15) is 47.6 Å². The maximum Gasteiger partial charge on any atom is 0.255 e. The standard InChI is InChI=1S/C17H27N3O3.ClH/c1-12-11-15(13(2)23-12)17(22)19-14-6-9-20(10-7-14)16(21)5-4-8-18-3;/h11,14,18H,4-10H2,1-3H3,(H,19,22);1H. The van der Waals surface area contributed by atoms with E-state index in [0.717, 1.165) is 31.6 Å². The zero-order valence-corrected chi connectivity index (χ0v) is 15.5. The molecule has 0 radical (unpaired) electrons. The SMILES string of the molecule is CNCCCC(=O)N1CCC(NC(=O)c2cc(C)oc2C)CC1.Cl. The molecule has 0 aliphatic carbocycles. The van der Waals surface area contributed by atoms with Crippen LogP contribution in [0.2, 0.25) is 0 Å². The average molecular weight is 358 g/mol. The molecule has 1 saturated heterocycles. The van der Waals surface area contributed by atoms with Gasteiger partial charge in [-0.3, -0.25) is 9.59 Å². The Morgan fingerprint density at radius 3 is 2.50 bits per heavy atom. The van der Waals surface area contributed by atoms with Crippen molar-refractivity contribution in [2.75, 3.05) is 26.7 Å². The fraction of sp³-hybridized carbons (Fsp3) is 0.647. The Bertz CT molecular complexity index is 551. The number of furan rings is 1. The minimum absolute atomic E-state index is 0. The smallest absolute Gasteiger partial charge is 0.255 e. The van der Waals surface area contributed by atoms with Crippen molar-refractivity contribution in [3.8, 4) is 0 Å². The number of carbonyl (C=O) groups is 2. The predicted octanol–water partition coefficient (Wildman–Crippen LogP) is 2.04. The summed E-state index contributed by atoms with van der Waals surface area (Å²) in [4.78, 5) is 26.3. The molecule has 0 bridgehead atoms. The van der Waals surface area contributed by atoms with Gasteiger partial charge in [0.2, 0.25) is 5.91 Å². The van der Waals surface area contributed by atoms with Crippen molar-refractivity contribution < 1.29 is 14.0 Å². The molecule has 2 heterocycles. The second-order valence-corrected chi connectivity index (χ2v) is 6.16. The third-order valence-electron chi connectivity index (χ3n) is 4.29. The van der Waals surface area contributed by atoms with E-state index in [2.05, 4.69) is 10.6 Å². The highest BCUT2D eigenvalue weighted by atomic mass is 35.5. The van der Waals surface area contributed by atoms with E-state index >= 15 is 0 Å². The number of piperidine rings is 1. The van der Waals surface area contributed by atoms with Crippen molar-refractivity contribution in [2.24, 2.45) is 0 Å². The molecule has 1 aliphatic heterocycles. The summed E-state index contributed by atoms with van der Waals surface area (Å²) in [6, 6.07) is 1.89. The molecular formula is C17H28ClN3O3. The van der Waals surface area contributed by atoms with Crippen LogP contribution in [0, 0.1) is 13.8 Å². The lowest BCUT2D eigenvalue weighted by Crippen LogP contribution is -2.46.